The van der Waals surface area contributed by atoms with Crippen LogP contribution in [0.2, 0.25) is 0 Å². The molecule has 0 atom stereocenters. The van der Waals surface area contributed by atoms with E-state index in [0.29, 0.717) is 0 Å². The molecular weight excluding hydrogens is 202 g/mol. The van der Waals surface area contributed by atoms with Crippen LogP contribution in [0, 0.1) is 0 Å². The van der Waals surface area contributed by atoms with E-state index in [1.165, 1.54) is 0 Å². The number of rotatable bonds is 2. The van der Waals surface area contributed by atoms with Gasteiger partial charge in [-0.15, -0.1) is 0 Å². The topological polar surface area (TPSA) is 55.1 Å². The van der Waals surface area contributed by atoms with Crippen LogP contribution in [-0.4, -0.2) is 19.6 Å². The molecule has 0 aliphatic rings. The van der Waals surface area contributed by atoms with Crippen molar-refractivity contribution < 1.29 is 0 Å². The van der Waals surface area contributed by atoms with E-state index >= 15 is 0 Å². The molecule has 3 rings (SSSR count). The molecule has 0 amide bonds. The second kappa shape index (κ2) is 3.62. The highest BCUT2D eigenvalue weighted by atomic mass is 15.3. The maximum absolute atomic E-state index is 4.36. The molecule has 5 nitrogen and oxygen atoms in total. The van der Waals surface area contributed by atoms with Gasteiger partial charge in [-0.1, -0.05) is 6.07 Å². The van der Waals surface area contributed by atoms with Crippen LogP contribution in [-0.2, 0) is 0 Å². The number of fused-ring (bicyclic) bond motifs is 1. The first kappa shape index (κ1) is 8.84. The van der Waals surface area contributed by atoms with Crippen molar-refractivity contribution in [3.8, 4) is 0 Å². The van der Waals surface area contributed by atoms with E-state index in [9.17, 15) is 0 Å². The Balaban J connectivity index is 1.95. The van der Waals surface area contributed by atoms with E-state index in [1.807, 2.05) is 36.5 Å². The van der Waals surface area contributed by atoms with Gasteiger partial charge in [-0.3, -0.25) is 0 Å². The van der Waals surface area contributed by atoms with Gasteiger partial charge in [-0.05, 0) is 24.3 Å². The van der Waals surface area contributed by atoms with Crippen LogP contribution in [0.15, 0.2) is 48.9 Å². The summed E-state index contributed by atoms with van der Waals surface area (Å²) in [5.41, 5.74) is 0.806. The molecule has 0 fully saturated rings. The number of nitrogens with one attached hydrogen (secondary N) is 1. The number of aromatic nitrogens is 4. The third kappa shape index (κ3) is 1.58. The Morgan fingerprint density at radius 2 is 2.00 bits per heavy atom. The molecule has 3 heterocycles. The Bertz CT molecular complexity index is 569. The summed E-state index contributed by atoms with van der Waals surface area (Å²) in [4.78, 5) is 8.52. The maximum atomic E-state index is 4.36. The predicted molar refractivity (Wildman–Crippen MR) is 60.5 cm³/mol. The summed E-state index contributed by atoms with van der Waals surface area (Å²) in [5.74, 6) is 1.50. The van der Waals surface area contributed by atoms with Crippen molar-refractivity contribution in [1.82, 2.24) is 19.6 Å². The van der Waals surface area contributed by atoms with Crippen LogP contribution >= 0.6 is 0 Å². The lowest BCUT2D eigenvalue weighted by Gasteiger charge is -1.98. The number of hydrogen-bond donors (Lipinski definition) is 1. The maximum Gasteiger partial charge on any atom is 0.155 e. The van der Waals surface area contributed by atoms with Crippen LogP contribution in [0.5, 0.6) is 0 Å². The van der Waals surface area contributed by atoms with Gasteiger partial charge in [0.25, 0.3) is 0 Å². The largest absolute Gasteiger partial charge is 0.324 e. The minimum Gasteiger partial charge on any atom is -0.324 e. The summed E-state index contributed by atoms with van der Waals surface area (Å²) in [5, 5.41) is 7.25. The van der Waals surface area contributed by atoms with Crippen molar-refractivity contribution in [2.24, 2.45) is 0 Å². The van der Waals surface area contributed by atoms with E-state index in [2.05, 4.69) is 20.4 Å². The van der Waals surface area contributed by atoms with Crippen LogP contribution in [0.25, 0.3) is 5.65 Å². The monoisotopic (exact) mass is 211 g/mol. The lowest BCUT2D eigenvalue weighted by Crippen LogP contribution is -1.92. The fraction of sp³-hybridized carbons (Fsp3) is 0. The molecule has 0 aromatic carbocycles. The van der Waals surface area contributed by atoms with Gasteiger partial charge >= 0.3 is 0 Å². The van der Waals surface area contributed by atoms with Gasteiger partial charge in [0, 0.05) is 12.4 Å². The SMILES string of the molecule is c1ccc(Nc2cn3ncccc3n2)nc1. The third-order valence-corrected chi connectivity index (χ3v) is 2.16. The molecule has 3 aromatic heterocycles. The average Bonchev–Trinajstić information content (AvgIpc) is 2.72. The second-order valence-corrected chi connectivity index (χ2v) is 3.29. The van der Waals surface area contributed by atoms with Crippen molar-refractivity contribution in [2.75, 3.05) is 5.32 Å². The summed E-state index contributed by atoms with van der Waals surface area (Å²) < 4.78 is 1.71. The second-order valence-electron chi connectivity index (χ2n) is 3.29. The number of hydrogen-bond acceptors (Lipinski definition) is 4. The summed E-state index contributed by atoms with van der Waals surface area (Å²) in [6, 6.07) is 9.43. The minimum absolute atomic E-state index is 0.734. The molecule has 0 unspecified atom stereocenters. The van der Waals surface area contributed by atoms with Gasteiger partial charge in [0.15, 0.2) is 11.5 Å². The Hall–Kier alpha value is -2.43. The smallest absolute Gasteiger partial charge is 0.155 e. The molecule has 16 heavy (non-hydrogen) atoms. The van der Waals surface area contributed by atoms with Gasteiger partial charge in [-0.2, -0.15) is 5.10 Å². The quantitative estimate of drug-likeness (QED) is 0.703. The molecule has 0 saturated carbocycles. The van der Waals surface area contributed by atoms with Gasteiger partial charge in [0.05, 0.1) is 6.20 Å². The predicted octanol–water partition coefficient (Wildman–Crippen LogP) is 1.87. The molecular formula is C11H9N5. The summed E-state index contributed by atoms with van der Waals surface area (Å²) in [7, 11) is 0. The fourth-order valence-corrected chi connectivity index (χ4v) is 1.46. The Labute approximate surface area is 91.8 Å². The normalized spacial score (nSPS) is 10.5. The molecule has 78 valence electrons. The van der Waals surface area contributed by atoms with Crippen LogP contribution in [0.4, 0.5) is 11.6 Å². The molecule has 0 spiro atoms. The van der Waals surface area contributed by atoms with Gasteiger partial charge in [0.2, 0.25) is 0 Å². The number of imidazole rings is 1. The zero-order valence-electron chi connectivity index (χ0n) is 8.41. The summed E-state index contributed by atoms with van der Waals surface area (Å²) in [6.07, 6.45) is 5.28. The van der Waals surface area contributed by atoms with Gasteiger partial charge in [0.1, 0.15) is 5.82 Å². The molecule has 0 aliphatic carbocycles. The first-order valence-corrected chi connectivity index (χ1v) is 4.90. The Kier molecular flexibility index (Phi) is 2.00. The highest BCUT2D eigenvalue weighted by Gasteiger charge is 2.01. The van der Waals surface area contributed by atoms with Crippen molar-refractivity contribution in [1.29, 1.82) is 0 Å². The van der Waals surface area contributed by atoms with E-state index in [0.717, 1.165) is 17.3 Å². The highest BCUT2D eigenvalue weighted by molar-refractivity contribution is 5.55. The Morgan fingerprint density at radius 3 is 2.81 bits per heavy atom. The Morgan fingerprint density at radius 1 is 1.00 bits per heavy atom. The third-order valence-electron chi connectivity index (χ3n) is 2.16. The summed E-state index contributed by atoms with van der Waals surface area (Å²) in [6.45, 7) is 0. The number of nitrogens with zero attached hydrogens (tertiary/aromatic N) is 4. The minimum atomic E-state index is 0.734. The van der Waals surface area contributed by atoms with Gasteiger partial charge < -0.3 is 5.32 Å². The average molecular weight is 211 g/mol. The lowest BCUT2D eigenvalue weighted by atomic mass is 10.4. The van der Waals surface area contributed by atoms with Gasteiger partial charge in [-0.25, -0.2) is 14.5 Å². The van der Waals surface area contributed by atoms with E-state index in [1.54, 1.807) is 16.9 Å². The highest BCUT2D eigenvalue weighted by Crippen LogP contribution is 2.12. The number of pyridine rings is 1. The van der Waals surface area contributed by atoms with Crippen LogP contribution < -0.4 is 5.32 Å². The first-order chi connectivity index (χ1) is 7.92. The molecule has 0 bridgehead atoms. The van der Waals surface area contributed by atoms with Crippen molar-refractivity contribution in [2.45, 2.75) is 0 Å². The standard InChI is InChI=1S/C11H9N5/c1-2-6-12-9(4-1)14-10-8-16-11(15-10)5-3-7-13-16/h1-8H,(H,12,14). The summed E-state index contributed by atoms with van der Waals surface area (Å²) >= 11 is 0. The van der Waals surface area contributed by atoms with Crippen molar-refractivity contribution in [3.05, 3.63) is 48.9 Å². The lowest BCUT2D eigenvalue weighted by molar-refractivity contribution is 0.936. The van der Waals surface area contributed by atoms with Crippen LogP contribution in [0.3, 0.4) is 0 Å². The van der Waals surface area contributed by atoms with E-state index < -0.39 is 0 Å². The van der Waals surface area contributed by atoms with E-state index in [4.69, 9.17) is 0 Å². The molecule has 0 radical (unpaired) electrons. The molecule has 3 aromatic rings. The molecule has 0 aliphatic heterocycles. The fourth-order valence-electron chi connectivity index (χ4n) is 1.46. The zero-order chi connectivity index (χ0) is 10.8. The van der Waals surface area contributed by atoms with Crippen LogP contribution in [0.1, 0.15) is 0 Å². The van der Waals surface area contributed by atoms with Crippen molar-refractivity contribution in [3.63, 3.8) is 0 Å². The molecule has 0 saturated heterocycles. The molecule has 5 heteroatoms. The zero-order valence-corrected chi connectivity index (χ0v) is 8.41. The van der Waals surface area contributed by atoms with Crippen molar-refractivity contribution >= 4 is 17.3 Å². The number of anilines is 2. The van der Waals surface area contributed by atoms with E-state index in [-0.39, 0.29) is 0 Å². The first-order valence-electron chi connectivity index (χ1n) is 4.90. The molecule has 1 N–H and O–H groups in total.